The van der Waals surface area contributed by atoms with E-state index in [1.165, 1.54) is 5.69 Å². The number of hydrogen-bond donors (Lipinski definition) is 0. The fourth-order valence-electron chi connectivity index (χ4n) is 2.93. The lowest BCUT2D eigenvalue weighted by atomic mass is 9.93. The molecule has 1 atom stereocenters. The first-order chi connectivity index (χ1) is 9.94. The summed E-state index contributed by atoms with van der Waals surface area (Å²) in [5.41, 5.74) is 3.57. The number of rotatable bonds is 1. The molecule has 0 saturated heterocycles. The molecule has 0 amide bonds. The van der Waals surface area contributed by atoms with Gasteiger partial charge in [-0.05, 0) is 51.1 Å². The van der Waals surface area contributed by atoms with Crippen molar-refractivity contribution in [3.05, 3.63) is 47.8 Å². The number of nitrogens with zero attached hydrogens (tertiary/aromatic N) is 3. The number of ether oxygens (including phenoxy) is 1. The van der Waals surface area contributed by atoms with Gasteiger partial charge < -0.3 is 14.2 Å². The lowest BCUT2D eigenvalue weighted by Gasteiger charge is -2.43. The van der Waals surface area contributed by atoms with E-state index >= 15 is 0 Å². The van der Waals surface area contributed by atoms with E-state index in [1.807, 2.05) is 36.0 Å². The SMILES string of the molecule is C[C@@H]1OC(C)(C)c2cc(-n3cccc3C#N)ccc2N1C. The molecule has 2 aromatic rings. The summed E-state index contributed by atoms with van der Waals surface area (Å²) in [6.07, 6.45) is 1.95. The van der Waals surface area contributed by atoms with Crippen molar-refractivity contribution in [3.63, 3.8) is 0 Å². The van der Waals surface area contributed by atoms with Crippen LogP contribution in [0.1, 0.15) is 32.0 Å². The van der Waals surface area contributed by atoms with Crippen molar-refractivity contribution in [1.29, 1.82) is 5.26 Å². The second-order valence-electron chi connectivity index (χ2n) is 5.92. The standard InChI is InChI=1S/C17H19N3O/c1-12-19(4)16-8-7-13(10-15(16)17(2,3)21-12)20-9-5-6-14(20)11-18/h5-10,12H,1-4H3/t12-/m0/s1. The Bertz CT molecular complexity index is 724. The predicted octanol–water partition coefficient (Wildman–Crippen LogP) is 3.40. The molecule has 0 aliphatic carbocycles. The van der Waals surface area contributed by atoms with Crippen LogP contribution in [0.3, 0.4) is 0 Å². The monoisotopic (exact) mass is 281 g/mol. The van der Waals surface area contributed by atoms with E-state index in [0.717, 1.165) is 11.3 Å². The third-order valence-electron chi connectivity index (χ3n) is 4.16. The average molecular weight is 281 g/mol. The normalized spacial score (nSPS) is 20.0. The van der Waals surface area contributed by atoms with Crippen molar-refractivity contribution >= 4 is 5.69 Å². The molecule has 1 aliphatic rings. The zero-order valence-corrected chi connectivity index (χ0v) is 12.8. The number of anilines is 1. The van der Waals surface area contributed by atoms with Crippen molar-refractivity contribution in [2.24, 2.45) is 0 Å². The van der Waals surface area contributed by atoms with E-state index in [-0.39, 0.29) is 11.8 Å². The summed E-state index contributed by atoms with van der Waals surface area (Å²) in [4.78, 5) is 2.13. The molecule has 0 unspecified atom stereocenters. The highest BCUT2D eigenvalue weighted by atomic mass is 16.5. The second-order valence-corrected chi connectivity index (χ2v) is 5.92. The summed E-state index contributed by atoms with van der Waals surface area (Å²) in [7, 11) is 2.04. The maximum Gasteiger partial charge on any atom is 0.128 e. The number of nitriles is 1. The van der Waals surface area contributed by atoms with Gasteiger partial charge in [0.05, 0.1) is 5.60 Å². The van der Waals surface area contributed by atoms with Crippen LogP contribution >= 0.6 is 0 Å². The molecule has 0 bridgehead atoms. The molecule has 0 fully saturated rings. The highest BCUT2D eigenvalue weighted by Crippen LogP contribution is 2.40. The highest BCUT2D eigenvalue weighted by Gasteiger charge is 2.34. The van der Waals surface area contributed by atoms with Crippen LogP contribution in [0.5, 0.6) is 0 Å². The minimum Gasteiger partial charge on any atom is -0.349 e. The Labute approximate surface area is 125 Å². The van der Waals surface area contributed by atoms with Gasteiger partial charge >= 0.3 is 0 Å². The van der Waals surface area contributed by atoms with Gasteiger partial charge in [-0.25, -0.2) is 0 Å². The summed E-state index contributed by atoms with van der Waals surface area (Å²) in [6, 6.07) is 12.2. The first-order valence-electron chi connectivity index (χ1n) is 7.07. The second kappa shape index (κ2) is 4.64. The fraction of sp³-hybridized carbons (Fsp3) is 0.353. The van der Waals surface area contributed by atoms with Gasteiger partial charge in [-0.3, -0.25) is 0 Å². The largest absolute Gasteiger partial charge is 0.349 e. The van der Waals surface area contributed by atoms with Gasteiger partial charge in [0.1, 0.15) is 18.0 Å². The molecule has 0 spiro atoms. The van der Waals surface area contributed by atoms with Gasteiger partial charge in [-0.15, -0.1) is 0 Å². The van der Waals surface area contributed by atoms with E-state index in [2.05, 4.69) is 43.9 Å². The molecule has 21 heavy (non-hydrogen) atoms. The predicted molar refractivity (Wildman–Crippen MR) is 82.5 cm³/mol. The lowest BCUT2D eigenvalue weighted by Crippen LogP contribution is -2.43. The Morgan fingerprint density at radius 1 is 1.29 bits per heavy atom. The zero-order chi connectivity index (χ0) is 15.2. The maximum atomic E-state index is 9.18. The van der Waals surface area contributed by atoms with Gasteiger partial charge in [0, 0.05) is 30.2 Å². The van der Waals surface area contributed by atoms with E-state index in [1.54, 1.807) is 0 Å². The van der Waals surface area contributed by atoms with E-state index in [9.17, 15) is 5.26 Å². The highest BCUT2D eigenvalue weighted by molar-refractivity contribution is 5.61. The topological polar surface area (TPSA) is 41.2 Å². The molecule has 4 nitrogen and oxygen atoms in total. The van der Waals surface area contributed by atoms with Crippen molar-refractivity contribution in [3.8, 4) is 11.8 Å². The number of benzene rings is 1. The Kier molecular flexibility index (Phi) is 3.03. The molecule has 108 valence electrons. The van der Waals surface area contributed by atoms with Crippen molar-refractivity contribution < 1.29 is 4.74 Å². The molecule has 3 rings (SSSR count). The summed E-state index contributed by atoms with van der Waals surface area (Å²) in [6.45, 7) is 6.22. The molecule has 1 aromatic heterocycles. The molecule has 0 radical (unpaired) electrons. The molecule has 1 aromatic carbocycles. The summed E-state index contributed by atoms with van der Waals surface area (Å²) in [5, 5.41) is 9.18. The quantitative estimate of drug-likeness (QED) is 0.804. The average Bonchev–Trinajstić information content (AvgIpc) is 2.92. The molecule has 1 aliphatic heterocycles. The van der Waals surface area contributed by atoms with Crippen LogP contribution in [-0.4, -0.2) is 17.8 Å². The van der Waals surface area contributed by atoms with Crippen molar-refractivity contribution in [2.45, 2.75) is 32.6 Å². The molecular formula is C17H19N3O. The first kappa shape index (κ1) is 13.7. The lowest BCUT2D eigenvalue weighted by molar-refractivity contribution is -0.0761. The summed E-state index contributed by atoms with van der Waals surface area (Å²) < 4.78 is 7.99. The van der Waals surface area contributed by atoms with Crippen molar-refractivity contribution in [1.82, 2.24) is 4.57 Å². The van der Waals surface area contributed by atoms with Gasteiger partial charge in [0.25, 0.3) is 0 Å². The molecular weight excluding hydrogens is 262 g/mol. The Balaban J connectivity index is 2.16. The van der Waals surface area contributed by atoms with Crippen molar-refractivity contribution in [2.75, 3.05) is 11.9 Å². The minimum atomic E-state index is -0.350. The van der Waals surface area contributed by atoms with E-state index in [0.29, 0.717) is 5.69 Å². The number of fused-ring (bicyclic) bond motifs is 1. The number of aromatic nitrogens is 1. The molecule has 4 heteroatoms. The van der Waals surface area contributed by atoms with Crippen LogP contribution in [0.15, 0.2) is 36.5 Å². The Morgan fingerprint density at radius 3 is 2.76 bits per heavy atom. The minimum absolute atomic E-state index is 0.0413. The number of hydrogen-bond acceptors (Lipinski definition) is 3. The van der Waals surface area contributed by atoms with Crippen LogP contribution in [0.4, 0.5) is 5.69 Å². The molecule has 0 N–H and O–H groups in total. The van der Waals surface area contributed by atoms with Crippen LogP contribution in [-0.2, 0) is 10.3 Å². The van der Waals surface area contributed by atoms with Crippen LogP contribution in [0.25, 0.3) is 5.69 Å². The molecule has 2 heterocycles. The third-order valence-corrected chi connectivity index (χ3v) is 4.16. The summed E-state index contributed by atoms with van der Waals surface area (Å²) >= 11 is 0. The molecule has 0 saturated carbocycles. The maximum absolute atomic E-state index is 9.18. The van der Waals surface area contributed by atoms with E-state index in [4.69, 9.17) is 4.74 Å². The smallest absolute Gasteiger partial charge is 0.128 e. The van der Waals surface area contributed by atoms with Crippen LogP contribution < -0.4 is 4.90 Å². The fourth-order valence-corrected chi connectivity index (χ4v) is 2.93. The van der Waals surface area contributed by atoms with Gasteiger partial charge in [0.2, 0.25) is 0 Å². The van der Waals surface area contributed by atoms with Gasteiger partial charge in [-0.1, -0.05) is 0 Å². The third kappa shape index (κ3) is 2.10. The van der Waals surface area contributed by atoms with Gasteiger partial charge in [0.15, 0.2) is 0 Å². The van der Waals surface area contributed by atoms with E-state index < -0.39 is 0 Å². The Hall–Kier alpha value is -2.25. The zero-order valence-electron chi connectivity index (χ0n) is 12.8. The van der Waals surface area contributed by atoms with Gasteiger partial charge in [-0.2, -0.15) is 5.26 Å². The van der Waals surface area contributed by atoms with Crippen LogP contribution in [0, 0.1) is 11.3 Å². The Morgan fingerprint density at radius 2 is 2.05 bits per heavy atom. The summed E-state index contributed by atoms with van der Waals surface area (Å²) in [5.74, 6) is 0. The van der Waals surface area contributed by atoms with Crippen LogP contribution in [0.2, 0.25) is 0 Å². The first-order valence-corrected chi connectivity index (χ1v) is 7.07.